The molecule has 1 heterocycles. The van der Waals surface area contributed by atoms with Crippen LogP contribution in [-0.4, -0.2) is 28.8 Å². The lowest BCUT2D eigenvalue weighted by atomic mass is 10.2. The summed E-state index contributed by atoms with van der Waals surface area (Å²) in [5.41, 5.74) is 0.699. The first-order valence-electron chi connectivity index (χ1n) is 7.02. The minimum absolute atomic E-state index is 0.124. The summed E-state index contributed by atoms with van der Waals surface area (Å²) in [7, 11) is 0. The topological polar surface area (TPSA) is 70.6 Å². The molecule has 0 aromatic heterocycles. The van der Waals surface area contributed by atoms with E-state index in [1.165, 1.54) is 11.8 Å². The summed E-state index contributed by atoms with van der Waals surface area (Å²) in [6.45, 7) is 4.79. The van der Waals surface area contributed by atoms with Gasteiger partial charge in [-0.2, -0.15) is 0 Å². The first-order valence-corrected chi connectivity index (χ1v) is 8.69. The van der Waals surface area contributed by atoms with Crippen LogP contribution >= 0.6 is 27.7 Å². The molecule has 1 unspecified atom stereocenters. The molecule has 0 aliphatic carbocycles. The van der Waals surface area contributed by atoms with E-state index in [0.29, 0.717) is 23.3 Å². The van der Waals surface area contributed by atoms with Crippen molar-refractivity contribution in [3.8, 4) is 0 Å². The molecular weight excluding hydrogens is 366 g/mol. The number of benzene rings is 1. The largest absolute Gasteiger partial charge is 0.325 e. The third kappa shape index (κ3) is 4.84. The number of amidine groups is 1. The zero-order valence-electron chi connectivity index (χ0n) is 12.4. The molecule has 118 valence electrons. The lowest BCUT2D eigenvalue weighted by molar-refractivity contribution is -0.122. The van der Waals surface area contributed by atoms with E-state index < -0.39 is 5.25 Å². The molecule has 7 heteroatoms. The first kappa shape index (κ1) is 17.0. The van der Waals surface area contributed by atoms with Crippen molar-refractivity contribution < 1.29 is 9.59 Å². The maximum Gasteiger partial charge on any atom is 0.240 e. The highest BCUT2D eigenvalue weighted by atomic mass is 79.9. The Morgan fingerprint density at radius 2 is 2.18 bits per heavy atom. The van der Waals surface area contributed by atoms with Gasteiger partial charge in [0.15, 0.2) is 5.17 Å². The minimum Gasteiger partial charge on any atom is -0.325 e. The van der Waals surface area contributed by atoms with Crippen molar-refractivity contribution in [2.75, 3.05) is 11.9 Å². The monoisotopic (exact) mass is 383 g/mol. The van der Waals surface area contributed by atoms with Crippen LogP contribution in [0.15, 0.2) is 33.7 Å². The van der Waals surface area contributed by atoms with E-state index in [1.54, 1.807) is 6.07 Å². The Hall–Kier alpha value is -1.34. The molecule has 0 radical (unpaired) electrons. The fraction of sp³-hybridized carbons (Fsp3) is 0.400. The van der Waals surface area contributed by atoms with Crippen LogP contribution < -0.4 is 10.6 Å². The second-order valence-corrected chi connectivity index (χ2v) is 7.41. The molecule has 1 aliphatic rings. The van der Waals surface area contributed by atoms with Gasteiger partial charge in [0.2, 0.25) is 11.8 Å². The van der Waals surface area contributed by atoms with Gasteiger partial charge >= 0.3 is 0 Å². The van der Waals surface area contributed by atoms with E-state index in [1.807, 2.05) is 18.2 Å². The number of carbonyl (C=O) groups excluding carboxylic acids is 2. The van der Waals surface area contributed by atoms with Gasteiger partial charge in [0, 0.05) is 17.4 Å². The predicted molar refractivity (Wildman–Crippen MR) is 94.1 cm³/mol. The van der Waals surface area contributed by atoms with Crippen molar-refractivity contribution in [2.45, 2.75) is 25.5 Å². The van der Waals surface area contributed by atoms with Gasteiger partial charge in [0.1, 0.15) is 5.25 Å². The van der Waals surface area contributed by atoms with Crippen molar-refractivity contribution in [3.05, 3.63) is 28.7 Å². The van der Waals surface area contributed by atoms with E-state index in [4.69, 9.17) is 0 Å². The molecule has 0 saturated carbocycles. The summed E-state index contributed by atoms with van der Waals surface area (Å²) in [5.74, 6) is 0.0854. The zero-order valence-corrected chi connectivity index (χ0v) is 14.8. The second-order valence-electron chi connectivity index (χ2n) is 5.37. The number of amides is 2. The fourth-order valence-corrected chi connectivity index (χ4v) is 3.18. The van der Waals surface area contributed by atoms with Crippen LogP contribution in [0.25, 0.3) is 0 Å². The third-order valence-corrected chi connectivity index (χ3v) is 4.71. The zero-order chi connectivity index (χ0) is 16.1. The Kier molecular flexibility index (Phi) is 6.02. The van der Waals surface area contributed by atoms with E-state index >= 15 is 0 Å². The maximum atomic E-state index is 12.1. The molecule has 2 rings (SSSR count). The summed E-state index contributed by atoms with van der Waals surface area (Å²) in [6, 6.07) is 7.37. The maximum absolute atomic E-state index is 12.1. The molecule has 1 aliphatic heterocycles. The number of para-hydroxylation sites is 1. The summed E-state index contributed by atoms with van der Waals surface area (Å²) in [6.07, 6.45) is 0.124. The van der Waals surface area contributed by atoms with E-state index in [9.17, 15) is 9.59 Å². The molecule has 2 amide bonds. The standard InChI is InChI=1S/C15H18BrN3O2S/c1-9(2)8-17-15-19-14(21)12(22-15)7-13(20)18-11-6-4-3-5-10(11)16/h3-6,9,12H,7-8H2,1-2H3,(H,18,20)(H,17,19,21). The summed E-state index contributed by atoms with van der Waals surface area (Å²) >= 11 is 4.70. The summed E-state index contributed by atoms with van der Waals surface area (Å²) in [4.78, 5) is 28.3. The number of rotatable bonds is 5. The number of thioether (sulfide) groups is 1. The van der Waals surface area contributed by atoms with Gasteiger partial charge in [0.25, 0.3) is 0 Å². The molecule has 1 fully saturated rings. The van der Waals surface area contributed by atoms with Crippen molar-refractivity contribution in [3.63, 3.8) is 0 Å². The average Bonchev–Trinajstić information content (AvgIpc) is 2.79. The molecule has 1 saturated heterocycles. The fourth-order valence-electron chi connectivity index (χ4n) is 1.81. The molecule has 1 aromatic rings. The first-order chi connectivity index (χ1) is 10.5. The van der Waals surface area contributed by atoms with Crippen LogP contribution in [0.5, 0.6) is 0 Å². The van der Waals surface area contributed by atoms with Gasteiger partial charge < -0.3 is 10.6 Å². The Labute approximate surface area is 142 Å². The number of hydrogen-bond acceptors (Lipinski definition) is 4. The summed E-state index contributed by atoms with van der Waals surface area (Å²) in [5, 5.41) is 5.71. The lowest BCUT2D eigenvalue weighted by Gasteiger charge is -2.08. The number of halogens is 1. The van der Waals surface area contributed by atoms with Gasteiger partial charge in [-0.15, -0.1) is 0 Å². The number of nitrogens with one attached hydrogen (secondary N) is 2. The van der Waals surface area contributed by atoms with Gasteiger partial charge in [-0.05, 0) is 34.0 Å². The third-order valence-electron chi connectivity index (χ3n) is 2.90. The molecule has 0 bridgehead atoms. The molecule has 22 heavy (non-hydrogen) atoms. The smallest absolute Gasteiger partial charge is 0.240 e. The Morgan fingerprint density at radius 1 is 1.45 bits per heavy atom. The van der Waals surface area contributed by atoms with E-state index in [2.05, 4.69) is 45.4 Å². The van der Waals surface area contributed by atoms with Crippen LogP contribution in [0.2, 0.25) is 0 Å². The molecular formula is C15H18BrN3O2S. The normalized spacial score (nSPS) is 19.5. The number of anilines is 1. The molecule has 1 aromatic carbocycles. The molecule has 0 spiro atoms. The van der Waals surface area contributed by atoms with Crippen LogP contribution in [0.4, 0.5) is 5.69 Å². The van der Waals surface area contributed by atoms with Gasteiger partial charge in [0.05, 0.1) is 5.69 Å². The Morgan fingerprint density at radius 3 is 2.86 bits per heavy atom. The highest BCUT2D eigenvalue weighted by Crippen LogP contribution is 2.25. The van der Waals surface area contributed by atoms with Crippen LogP contribution in [0, 0.1) is 5.92 Å². The van der Waals surface area contributed by atoms with Crippen molar-refractivity contribution in [2.24, 2.45) is 10.9 Å². The predicted octanol–water partition coefficient (Wildman–Crippen LogP) is 3.02. The Bertz CT molecular complexity index is 604. The summed E-state index contributed by atoms with van der Waals surface area (Å²) < 4.78 is 0.811. The number of hydrogen-bond donors (Lipinski definition) is 2. The number of aliphatic imine (C=N–C) groups is 1. The van der Waals surface area contributed by atoms with Crippen LogP contribution in [0.3, 0.4) is 0 Å². The van der Waals surface area contributed by atoms with Gasteiger partial charge in [-0.25, -0.2) is 0 Å². The second kappa shape index (κ2) is 7.78. The number of carbonyl (C=O) groups is 2. The van der Waals surface area contributed by atoms with E-state index in [-0.39, 0.29) is 18.2 Å². The van der Waals surface area contributed by atoms with Crippen LogP contribution in [0.1, 0.15) is 20.3 Å². The lowest BCUT2D eigenvalue weighted by Crippen LogP contribution is -2.28. The van der Waals surface area contributed by atoms with Gasteiger partial charge in [-0.3, -0.25) is 14.6 Å². The quantitative estimate of drug-likeness (QED) is 0.820. The highest BCUT2D eigenvalue weighted by molar-refractivity contribution is 9.10. The van der Waals surface area contributed by atoms with Crippen molar-refractivity contribution >= 4 is 50.4 Å². The SMILES string of the molecule is CC(C)CN=C1NC(=O)C(CC(=O)Nc2ccccc2Br)S1. The average molecular weight is 384 g/mol. The van der Waals surface area contributed by atoms with Crippen molar-refractivity contribution in [1.82, 2.24) is 5.32 Å². The van der Waals surface area contributed by atoms with Crippen molar-refractivity contribution in [1.29, 1.82) is 0 Å². The minimum atomic E-state index is -0.423. The Balaban J connectivity index is 1.91. The van der Waals surface area contributed by atoms with Gasteiger partial charge in [-0.1, -0.05) is 37.7 Å². The molecule has 1 atom stereocenters. The molecule has 5 nitrogen and oxygen atoms in total. The molecule has 2 N–H and O–H groups in total. The highest BCUT2D eigenvalue weighted by Gasteiger charge is 2.32. The van der Waals surface area contributed by atoms with E-state index in [0.717, 1.165) is 4.47 Å². The number of nitrogens with zero attached hydrogens (tertiary/aromatic N) is 1. The van der Waals surface area contributed by atoms with Crippen LogP contribution in [-0.2, 0) is 9.59 Å².